The molecule has 0 aliphatic heterocycles. The van der Waals surface area contributed by atoms with Crippen LogP contribution in [0.3, 0.4) is 0 Å². The standard InChI is InChI=1S/C16H16ClNO2/c1-11-4-3-5-14(8-11)18-16(19)10-20-15-9-13(17)7-6-12(15)2/h3-9H,10H2,1-2H3,(H,18,19). The van der Waals surface area contributed by atoms with Gasteiger partial charge in [-0.05, 0) is 49.2 Å². The number of carbonyl (C=O) groups excluding carboxylic acids is 1. The molecule has 0 unspecified atom stereocenters. The van der Waals surface area contributed by atoms with E-state index >= 15 is 0 Å². The fourth-order valence-corrected chi connectivity index (χ4v) is 1.95. The molecule has 0 bridgehead atoms. The normalized spacial score (nSPS) is 10.2. The van der Waals surface area contributed by atoms with Gasteiger partial charge in [0, 0.05) is 10.7 Å². The maximum absolute atomic E-state index is 11.8. The summed E-state index contributed by atoms with van der Waals surface area (Å²) in [6.45, 7) is 3.83. The molecule has 0 heterocycles. The summed E-state index contributed by atoms with van der Waals surface area (Å²) in [4.78, 5) is 11.8. The molecule has 1 N–H and O–H groups in total. The Hall–Kier alpha value is -2.00. The van der Waals surface area contributed by atoms with Gasteiger partial charge in [-0.1, -0.05) is 29.8 Å². The van der Waals surface area contributed by atoms with Crippen molar-refractivity contribution in [1.82, 2.24) is 0 Å². The Bertz CT molecular complexity index is 626. The fourth-order valence-electron chi connectivity index (χ4n) is 1.79. The summed E-state index contributed by atoms with van der Waals surface area (Å²) >= 11 is 5.90. The summed E-state index contributed by atoms with van der Waals surface area (Å²) in [5.41, 5.74) is 2.80. The molecule has 2 rings (SSSR count). The maximum atomic E-state index is 11.8. The number of carbonyl (C=O) groups is 1. The Balaban J connectivity index is 1.94. The molecular weight excluding hydrogens is 274 g/mol. The quantitative estimate of drug-likeness (QED) is 0.925. The summed E-state index contributed by atoms with van der Waals surface area (Å²) < 4.78 is 5.49. The van der Waals surface area contributed by atoms with E-state index in [2.05, 4.69) is 5.32 Å². The Labute approximate surface area is 123 Å². The lowest BCUT2D eigenvalue weighted by Gasteiger charge is -2.10. The van der Waals surface area contributed by atoms with Crippen molar-refractivity contribution in [1.29, 1.82) is 0 Å². The SMILES string of the molecule is Cc1cccc(NC(=O)COc2cc(Cl)ccc2C)c1. The first kappa shape index (κ1) is 14.4. The second-order valence-corrected chi connectivity index (χ2v) is 5.05. The van der Waals surface area contributed by atoms with E-state index in [0.29, 0.717) is 10.8 Å². The highest BCUT2D eigenvalue weighted by atomic mass is 35.5. The van der Waals surface area contributed by atoms with Crippen LogP contribution in [0.4, 0.5) is 5.69 Å². The van der Waals surface area contributed by atoms with Crippen LogP contribution >= 0.6 is 11.6 Å². The van der Waals surface area contributed by atoms with Gasteiger partial charge in [0.1, 0.15) is 5.75 Å². The van der Waals surface area contributed by atoms with Crippen LogP contribution in [-0.2, 0) is 4.79 Å². The molecule has 0 aliphatic carbocycles. The van der Waals surface area contributed by atoms with Crippen LogP contribution < -0.4 is 10.1 Å². The number of anilines is 1. The van der Waals surface area contributed by atoms with Crippen LogP contribution in [-0.4, -0.2) is 12.5 Å². The predicted molar refractivity (Wildman–Crippen MR) is 81.5 cm³/mol. The molecule has 104 valence electrons. The molecule has 1 amide bonds. The van der Waals surface area contributed by atoms with Crippen molar-refractivity contribution >= 4 is 23.2 Å². The van der Waals surface area contributed by atoms with Gasteiger partial charge in [0.15, 0.2) is 6.61 Å². The summed E-state index contributed by atoms with van der Waals surface area (Å²) in [5, 5.41) is 3.38. The molecule has 0 saturated heterocycles. The molecule has 0 fully saturated rings. The lowest BCUT2D eigenvalue weighted by molar-refractivity contribution is -0.118. The van der Waals surface area contributed by atoms with Gasteiger partial charge in [-0.25, -0.2) is 0 Å². The Kier molecular flexibility index (Phi) is 4.64. The monoisotopic (exact) mass is 289 g/mol. The molecule has 2 aromatic rings. The summed E-state index contributed by atoms with van der Waals surface area (Å²) in [7, 11) is 0. The molecule has 0 aromatic heterocycles. The minimum atomic E-state index is -0.199. The molecule has 0 aliphatic rings. The zero-order chi connectivity index (χ0) is 14.5. The highest BCUT2D eigenvalue weighted by Gasteiger charge is 2.06. The Morgan fingerprint density at radius 3 is 2.75 bits per heavy atom. The average molecular weight is 290 g/mol. The second kappa shape index (κ2) is 6.44. The van der Waals surface area contributed by atoms with E-state index < -0.39 is 0 Å². The first-order valence-electron chi connectivity index (χ1n) is 6.30. The predicted octanol–water partition coefficient (Wildman–Crippen LogP) is 3.97. The van der Waals surface area contributed by atoms with Gasteiger partial charge >= 0.3 is 0 Å². The minimum absolute atomic E-state index is 0.0465. The van der Waals surface area contributed by atoms with Gasteiger partial charge in [0.25, 0.3) is 5.91 Å². The molecular formula is C16H16ClNO2. The van der Waals surface area contributed by atoms with Crippen molar-refractivity contribution in [2.24, 2.45) is 0 Å². The van der Waals surface area contributed by atoms with Gasteiger partial charge in [-0.15, -0.1) is 0 Å². The Morgan fingerprint density at radius 1 is 1.20 bits per heavy atom. The van der Waals surface area contributed by atoms with Crippen molar-refractivity contribution in [3.05, 3.63) is 58.6 Å². The lowest BCUT2D eigenvalue weighted by atomic mass is 10.2. The molecule has 0 saturated carbocycles. The van der Waals surface area contributed by atoms with Crippen LogP contribution in [0.25, 0.3) is 0 Å². The van der Waals surface area contributed by atoms with E-state index in [1.54, 1.807) is 12.1 Å². The topological polar surface area (TPSA) is 38.3 Å². The van der Waals surface area contributed by atoms with E-state index in [1.807, 2.05) is 44.2 Å². The van der Waals surface area contributed by atoms with Crippen LogP contribution in [0.5, 0.6) is 5.75 Å². The van der Waals surface area contributed by atoms with E-state index in [4.69, 9.17) is 16.3 Å². The summed E-state index contributed by atoms with van der Waals surface area (Å²) in [6.07, 6.45) is 0. The van der Waals surface area contributed by atoms with Gasteiger partial charge in [-0.3, -0.25) is 4.79 Å². The van der Waals surface area contributed by atoms with Crippen LogP contribution in [0, 0.1) is 13.8 Å². The van der Waals surface area contributed by atoms with Crippen molar-refractivity contribution in [3.63, 3.8) is 0 Å². The first-order valence-corrected chi connectivity index (χ1v) is 6.68. The first-order chi connectivity index (χ1) is 9.54. The molecule has 0 spiro atoms. The number of amides is 1. The summed E-state index contributed by atoms with van der Waals surface area (Å²) in [6, 6.07) is 13.0. The molecule has 0 atom stereocenters. The Morgan fingerprint density at radius 2 is 2.00 bits per heavy atom. The number of aryl methyl sites for hydroxylation is 2. The molecule has 20 heavy (non-hydrogen) atoms. The number of halogens is 1. The third-order valence-corrected chi connectivity index (χ3v) is 3.05. The van der Waals surface area contributed by atoms with Gasteiger partial charge in [-0.2, -0.15) is 0 Å². The number of benzene rings is 2. The zero-order valence-corrected chi connectivity index (χ0v) is 12.2. The highest BCUT2D eigenvalue weighted by Crippen LogP contribution is 2.22. The van der Waals surface area contributed by atoms with Crippen LogP contribution in [0.2, 0.25) is 5.02 Å². The smallest absolute Gasteiger partial charge is 0.262 e. The molecule has 2 aromatic carbocycles. The number of rotatable bonds is 4. The second-order valence-electron chi connectivity index (χ2n) is 4.62. The van der Waals surface area contributed by atoms with E-state index in [1.165, 1.54) is 0 Å². The number of ether oxygens (including phenoxy) is 1. The highest BCUT2D eigenvalue weighted by molar-refractivity contribution is 6.30. The van der Waals surface area contributed by atoms with Crippen molar-refractivity contribution in [3.8, 4) is 5.75 Å². The van der Waals surface area contributed by atoms with E-state index in [9.17, 15) is 4.79 Å². The van der Waals surface area contributed by atoms with E-state index in [0.717, 1.165) is 16.8 Å². The summed E-state index contributed by atoms with van der Waals surface area (Å²) in [5.74, 6) is 0.423. The van der Waals surface area contributed by atoms with Gasteiger partial charge < -0.3 is 10.1 Å². The van der Waals surface area contributed by atoms with Crippen LogP contribution in [0.15, 0.2) is 42.5 Å². The van der Waals surface area contributed by atoms with Gasteiger partial charge in [0.2, 0.25) is 0 Å². The third kappa shape index (κ3) is 4.00. The average Bonchev–Trinajstić information content (AvgIpc) is 2.40. The van der Waals surface area contributed by atoms with E-state index in [-0.39, 0.29) is 12.5 Å². The number of hydrogen-bond donors (Lipinski definition) is 1. The van der Waals surface area contributed by atoms with Crippen molar-refractivity contribution < 1.29 is 9.53 Å². The number of nitrogens with one attached hydrogen (secondary N) is 1. The van der Waals surface area contributed by atoms with Crippen LogP contribution in [0.1, 0.15) is 11.1 Å². The maximum Gasteiger partial charge on any atom is 0.262 e. The fraction of sp³-hybridized carbons (Fsp3) is 0.188. The van der Waals surface area contributed by atoms with Gasteiger partial charge in [0.05, 0.1) is 0 Å². The zero-order valence-electron chi connectivity index (χ0n) is 11.4. The molecule has 4 heteroatoms. The molecule has 3 nitrogen and oxygen atoms in total. The lowest BCUT2D eigenvalue weighted by Crippen LogP contribution is -2.20. The number of hydrogen-bond acceptors (Lipinski definition) is 2. The minimum Gasteiger partial charge on any atom is -0.483 e. The van der Waals surface area contributed by atoms with Crippen molar-refractivity contribution in [2.45, 2.75) is 13.8 Å². The van der Waals surface area contributed by atoms with Crippen molar-refractivity contribution in [2.75, 3.05) is 11.9 Å². The molecule has 0 radical (unpaired) electrons. The largest absolute Gasteiger partial charge is 0.483 e. The third-order valence-electron chi connectivity index (χ3n) is 2.81.